The van der Waals surface area contributed by atoms with Gasteiger partial charge in [0.05, 0.1) is 11.4 Å². The number of hydrogen-bond acceptors (Lipinski definition) is 3. The van der Waals surface area contributed by atoms with Crippen molar-refractivity contribution in [1.29, 1.82) is 0 Å². The minimum atomic E-state index is 0.938. The molecule has 0 spiro atoms. The van der Waals surface area contributed by atoms with Gasteiger partial charge in [0, 0.05) is 17.6 Å². The summed E-state index contributed by atoms with van der Waals surface area (Å²) in [4.78, 5) is 5.78. The first-order chi connectivity index (χ1) is 10.1. The molecule has 21 heavy (non-hydrogen) atoms. The maximum absolute atomic E-state index is 4.65. The van der Waals surface area contributed by atoms with Gasteiger partial charge in [-0.1, -0.05) is 32.6 Å². The first-order valence-corrected chi connectivity index (χ1v) is 9.16. The van der Waals surface area contributed by atoms with Gasteiger partial charge in [0.15, 0.2) is 4.96 Å². The smallest absolute Gasteiger partial charge is 0.194 e. The molecule has 3 rings (SSSR count). The van der Waals surface area contributed by atoms with Crippen molar-refractivity contribution >= 4 is 16.3 Å². The fraction of sp³-hybridized carbons (Fsp3) is 0.706. The minimum absolute atomic E-state index is 0.938. The van der Waals surface area contributed by atoms with E-state index in [9.17, 15) is 0 Å². The van der Waals surface area contributed by atoms with Gasteiger partial charge in [-0.3, -0.25) is 4.40 Å². The maximum atomic E-state index is 4.65. The van der Waals surface area contributed by atoms with Crippen LogP contribution >= 0.6 is 11.3 Å². The van der Waals surface area contributed by atoms with Gasteiger partial charge in [0.1, 0.15) is 0 Å². The molecule has 0 unspecified atom stereocenters. The van der Waals surface area contributed by atoms with Gasteiger partial charge in [-0.15, -0.1) is 11.3 Å². The molecule has 4 heteroatoms. The van der Waals surface area contributed by atoms with E-state index < -0.39 is 0 Å². The number of fused-ring (bicyclic) bond motifs is 1. The lowest BCUT2D eigenvalue weighted by Crippen LogP contribution is -2.21. The molecule has 0 aliphatic heterocycles. The number of aryl methyl sites for hydroxylation is 2. The van der Waals surface area contributed by atoms with Crippen LogP contribution in [0.5, 0.6) is 0 Å². The molecular formula is C17H27N3S. The van der Waals surface area contributed by atoms with E-state index in [0.29, 0.717) is 0 Å². The number of hydrogen-bond donors (Lipinski definition) is 1. The van der Waals surface area contributed by atoms with Gasteiger partial charge in [-0.05, 0) is 38.6 Å². The molecule has 1 aliphatic carbocycles. The highest BCUT2D eigenvalue weighted by Gasteiger charge is 2.18. The van der Waals surface area contributed by atoms with Crippen LogP contribution in [0.2, 0.25) is 0 Å². The monoisotopic (exact) mass is 305 g/mol. The van der Waals surface area contributed by atoms with Crippen LogP contribution < -0.4 is 5.32 Å². The van der Waals surface area contributed by atoms with Crippen LogP contribution in [0.25, 0.3) is 4.96 Å². The molecule has 1 N–H and O–H groups in total. The van der Waals surface area contributed by atoms with Gasteiger partial charge in [-0.25, -0.2) is 4.98 Å². The second kappa shape index (κ2) is 6.49. The van der Waals surface area contributed by atoms with Gasteiger partial charge >= 0.3 is 0 Å². The van der Waals surface area contributed by atoms with E-state index in [-0.39, 0.29) is 0 Å². The Hall–Kier alpha value is -0.870. The third-order valence-corrected chi connectivity index (χ3v) is 5.93. The van der Waals surface area contributed by atoms with Crippen LogP contribution in [0.3, 0.4) is 0 Å². The summed E-state index contributed by atoms with van der Waals surface area (Å²) in [7, 11) is 0. The van der Waals surface area contributed by atoms with Gasteiger partial charge in [0.25, 0.3) is 0 Å². The number of thiazole rings is 1. The predicted molar refractivity (Wildman–Crippen MR) is 90.0 cm³/mol. The van der Waals surface area contributed by atoms with E-state index in [2.05, 4.69) is 40.9 Å². The van der Waals surface area contributed by atoms with Gasteiger partial charge in [-0.2, -0.15) is 0 Å². The molecule has 1 saturated carbocycles. The molecule has 1 aliphatic rings. The van der Waals surface area contributed by atoms with Crippen molar-refractivity contribution in [2.75, 3.05) is 6.54 Å². The number of nitrogens with one attached hydrogen (secondary N) is 1. The third kappa shape index (κ3) is 3.32. The fourth-order valence-electron chi connectivity index (χ4n) is 3.51. The van der Waals surface area contributed by atoms with Crippen molar-refractivity contribution in [2.45, 2.75) is 59.4 Å². The van der Waals surface area contributed by atoms with Crippen molar-refractivity contribution in [3.63, 3.8) is 0 Å². The molecule has 2 aromatic rings. The second-order valence-corrected chi connectivity index (χ2v) is 7.57. The molecule has 0 bridgehead atoms. The molecule has 116 valence electrons. The van der Waals surface area contributed by atoms with Crippen molar-refractivity contribution in [2.24, 2.45) is 11.8 Å². The average Bonchev–Trinajstić information content (AvgIpc) is 2.97. The Bertz CT molecular complexity index is 590. The SMILES string of the molecule is Cc1nc2scc(C)n2c1CNCCC1CCC(C)CC1. The van der Waals surface area contributed by atoms with E-state index in [4.69, 9.17) is 0 Å². The topological polar surface area (TPSA) is 29.3 Å². The number of aromatic nitrogens is 2. The van der Waals surface area contributed by atoms with Crippen LogP contribution in [0.4, 0.5) is 0 Å². The van der Waals surface area contributed by atoms with E-state index in [0.717, 1.165) is 29.9 Å². The van der Waals surface area contributed by atoms with Crippen molar-refractivity contribution in [1.82, 2.24) is 14.7 Å². The Morgan fingerprint density at radius 2 is 2.05 bits per heavy atom. The quantitative estimate of drug-likeness (QED) is 0.834. The first-order valence-electron chi connectivity index (χ1n) is 8.28. The van der Waals surface area contributed by atoms with Crippen LogP contribution in [-0.4, -0.2) is 15.9 Å². The summed E-state index contributed by atoms with van der Waals surface area (Å²) in [6, 6.07) is 0. The van der Waals surface area contributed by atoms with E-state index >= 15 is 0 Å². The Kier molecular flexibility index (Phi) is 4.65. The highest BCUT2D eigenvalue weighted by Crippen LogP contribution is 2.30. The molecule has 0 amide bonds. The number of nitrogens with zero attached hydrogens (tertiary/aromatic N) is 2. The van der Waals surface area contributed by atoms with Crippen LogP contribution in [-0.2, 0) is 6.54 Å². The summed E-state index contributed by atoms with van der Waals surface area (Å²) in [5, 5.41) is 5.83. The fourth-order valence-corrected chi connectivity index (χ4v) is 4.44. The summed E-state index contributed by atoms with van der Waals surface area (Å²) in [6.07, 6.45) is 7.06. The van der Waals surface area contributed by atoms with Crippen molar-refractivity contribution < 1.29 is 0 Å². The Labute approximate surface area is 131 Å². The Morgan fingerprint density at radius 1 is 1.29 bits per heavy atom. The standard InChI is InChI=1S/C17H27N3S/c1-12-4-6-15(7-5-12)8-9-18-10-16-14(3)19-17-20(16)13(2)11-21-17/h11-12,15,18H,4-10H2,1-3H3. The van der Waals surface area contributed by atoms with Crippen molar-refractivity contribution in [3.05, 3.63) is 22.5 Å². The molecule has 0 radical (unpaired) electrons. The molecule has 0 atom stereocenters. The summed E-state index contributed by atoms with van der Waals surface area (Å²) in [5.41, 5.74) is 3.80. The van der Waals surface area contributed by atoms with Crippen LogP contribution in [0.15, 0.2) is 5.38 Å². The van der Waals surface area contributed by atoms with Crippen LogP contribution in [0.1, 0.15) is 56.1 Å². The van der Waals surface area contributed by atoms with E-state index in [1.165, 1.54) is 49.2 Å². The lowest BCUT2D eigenvalue weighted by molar-refractivity contribution is 0.275. The predicted octanol–water partition coefficient (Wildman–Crippen LogP) is 4.32. The molecule has 0 aromatic carbocycles. The summed E-state index contributed by atoms with van der Waals surface area (Å²) in [6.45, 7) is 8.75. The normalized spacial score (nSPS) is 23.0. The first kappa shape index (κ1) is 15.0. The lowest BCUT2D eigenvalue weighted by atomic mass is 9.81. The molecular weight excluding hydrogens is 278 g/mol. The molecule has 0 saturated heterocycles. The number of imidazole rings is 1. The highest BCUT2D eigenvalue weighted by atomic mass is 32.1. The van der Waals surface area contributed by atoms with Crippen LogP contribution in [0, 0.1) is 25.7 Å². The van der Waals surface area contributed by atoms with E-state index in [1.807, 2.05) is 0 Å². The second-order valence-electron chi connectivity index (χ2n) is 6.73. The zero-order valence-electron chi connectivity index (χ0n) is 13.5. The summed E-state index contributed by atoms with van der Waals surface area (Å²) >= 11 is 1.74. The maximum Gasteiger partial charge on any atom is 0.194 e. The van der Waals surface area contributed by atoms with Gasteiger partial charge in [0.2, 0.25) is 0 Å². The third-order valence-electron chi connectivity index (χ3n) is 4.99. The molecule has 2 heterocycles. The molecule has 2 aromatic heterocycles. The average molecular weight is 305 g/mol. The Morgan fingerprint density at radius 3 is 2.81 bits per heavy atom. The molecule has 3 nitrogen and oxygen atoms in total. The zero-order valence-corrected chi connectivity index (χ0v) is 14.3. The molecule has 1 fully saturated rings. The minimum Gasteiger partial charge on any atom is -0.311 e. The van der Waals surface area contributed by atoms with Gasteiger partial charge < -0.3 is 5.32 Å². The zero-order chi connectivity index (χ0) is 14.8. The highest BCUT2D eigenvalue weighted by molar-refractivity contribution is 7.15. The largest absolute Gasteiger partial charge is 0.311 e. The van der Waals surface area contributed by atoms with Crippen molar-refractivity contribution in [3.8, 4) is 0 Å². The Balaban J connectivity index is 1.50. The summed E-state index contributed by atoms with van der Waals surface area (Å²) in [5.74, 6) is 1.90. The number of rotatable bonds is 5. The summed E-state index contributed by atoms with van der Waals surface area (Å²) < 4.78 is 2.30. The lowest BCUT2D eigenvalue weighted by Gasteiger charge is -2.26. The van der Waals surface area contributed by atoms with E-state index in [1.54, 1.807) is 11.3 Å².